The molecule has 1 aliphatic rings. The number of urea groups is 1. The molecule has 1 unspecified atom stereocenters. The van der Waals surface area contributed by atoms with Gasteiger partial charge in [-0.25, -0.2) is 9.18 Å². The quantitative estimate of drug-likeness (QED) is 0.902. The first-order valence-electron chi connectivity index (χ1n) is 8.77. The lowest BCUT2D eigenvalue weighted by Crippen LogP contribution is -2.46. The van der Waals surface area contributed by atoms with Crippen molar-refractivity contribution in [3.63, 3.8) is 0 Å². The Morgan fingerprint density at radius 1 is 1.44 bits per heavy atom. The van der Waals surface area contributed by atoms with Crippen LogP contribution in [-0.2, 0) is 6.42 Å². The molecule has 25 heavy (non-hydrogen) atoms. The number of nitrogens with one attached hydrogen (secondary N) is 1. The lowest BCUT2D eigenvalue weighted by atomic mass is 9.95. The molecule has 3 rings (SSSR count). The summed E-state index contributed by atoms with van der Waals surface area (Å²) < 4.78 is 19.1. The number of hydrogen-bond acceptors (Lipinski definition) is 4. The molecule has 0 aliphatic carbocycles. The van der Waals surface area contributed by atoms with Crippen LogP contribution in [0.1, 0.15) is 32.1 Å². The predicted octanol–water partition coefficient (Wildman–Crippen LogP) is 3.25. The highest BCUT2D eigenvalue weighted by molar-refractivity contribution is 5.74. The molecule has 6 nitrogen and oxygen atoms in total. The van der Waals surface area contributed by atoms with E-state index in [1.165, 1.54) is 6.07 Å². The Hall–Kier alpha value is -2.44. The van der Waals surface area contributed by atoms with Gasteiger partial charge in [-0.15, -0.1) is 0 Å². The van der Waals surface area contributed by atoms with Gasteiger partial charge in [0.05, 0.1) is 5.56 Å². The fourth-order valence-electron chi connectivity index (χ4n) is 3.10. The number of rotatable bonds is 5. The number of halogens is 1. The summed E-state index contributed by atoms with van der Waals surface area (Å²) >= 11 is 0. The smallest absolute Gasteiger partial charge is 0.317 e. The van der Waals surface area contributed by atoms with E-state index < -0.39 is 0 Å². The third-order valence-electron chi connectivity index (χ3n) is 4.38. The fraction of sp³-hybridized carbons (Fsp3) is 0.500. The van der Waals surface area contributed by atoms with Gasteiger partial charge >= 0.3 is 6.03 Å². The molecule has 1 saturated heterocycles. The van der Waals surface area contributed by atoms with Crippen molar-refractivity contribution in [1.82, 2.24) is 20.4 Å². The highest BCUT2D eigenvalue weighted by Gasteiger charge is 2.25. The molecule has 2 aromatic rings. The fourth-order valence-corrected chi connectivity index (χ4v) is 3.10. The minimum absolute atomic E-state index is 0.0101. The van der Waals surface area contributed by atoms with Crippen LogP contribution in [0.2, 0.25) is 0 Å². The van der Waals surface area contributed by atoms with Crippen molar-refractivity contribution in [3.05, 3.63) is 36.0 Å². The summed E-state index contributed by atoms with van der Waals surface area (Å²) in [4.78, 5) is 18.3. The molecule has 0 spiro atoms. The molecule has 1 aliphatic heterocycles. The van der Waals surface area contributed by atoms with Gasteiger partial charge in [-0.05, 0) is 37.3 Å². The monoisotopic (exact) mass is 346 g/mol. The Kier molecular flexibility index (Phi) is 5.63. The molecule has 1 aromatic heterocycles. The van der Waals surface area contributed by atoms with E-state index in [1.54, 1.807) is 18.2 Å². The number of benzene rings is 1. The maximum atomic E-state index is 13.8. The molecule has 1 fully saturated rings. The average molecular weight is 346 g/mol. The molecule has 2 amide bonds. The second-order valence-corrected chi connectivity index (χ2v) is 6.38. The summed E-state index contributed by atoms with van der Waals surface area (Å²) in [7, 11) is 0. The molecule has 1 N–H and O–H groups in total. The molecule has 2 heterocycles. The molecular weight excluding hydrogens is 323 g/mol. The summed E-state index contributed by atoms with van der Waals surface area (Å²) in [5, 5.41) is 6.80. The third kappa shape index (κ3) is 4.35. The topological polar surface area (TPSA) is 71.3 Å². The lowest BCUT2D eigenvalue weighted by molar-refractivity contribution is 0.161. The van der Waals surface area contributed by atoms with Crippen LogP contribution in [0, 0.1) is 11.7 Å². The molecule has 0 saturated carbocycles. The van der Waals surface area contributed by atoms with E-state index in [-0.39, 0.29) is 23.6 Å². The van der Waals surface area contributed by atoms with Crippen molar-refractivity contribution in [2.24, 2.45) is 5.92 Å². The van der Waals surface area contributed by atoms with Crippen molar-refractivity contribution >= 4 is 6.03 Å². The van der Waals surface area contributed by atoms with Crippen LogP contribution in [0.5, 0.6) is 0 Å². The number of carbonyl (C=O) groups excluding carboxylic acids is 1. The Bertz CT molecular complexity index is 719. The first-order valence-corrected chi connectivity index (χ1v) is 8.77. The highest BCUT2D eigenvalue weighted by atomic mass is 19.1. The van der Waals surface area contributed by atoms with E-state index in [2.05, 4.69) is 15.5 Å². The van der Waals surface area contributed by atoms with Crippen LogP contribution >= 0.6 is 0 Å². The van der Waals surface area contributed by atoms with Gasteiger partial charge < -0.3 is 14.7 Å². The van der Waals surface area contributed by atoms with Crippen LogP contribution in [-0.4, -0.2) is 40.7 Å². The van der Waals surface area contributed by atoms with Gasteiger partial charge in [0.25, 0.3) is 0 Å². The van der Waals surface area contributed by atoms with Gasteiger partial charge in [-0.2, -0.15) is 4.98 Å². The summed E-state index contributed by atoms with van der Waals surface area (Å²) in [6, 6.07) is 6.36. The van der Waals surface area contributed by atoms with Crippen molar-refractivity contribution in [1.29, 1.82) is 0 Å². The molecular formula is C18H23FN4O2. The maximum Gasteiger partial charge on any atom is 0.317 e. The van der Waals surface area contributed by atoms with Crippen LogP contribution in [0.4, 0.5) is 9.18 Å². The van der Waals surface area contributed by atoms with E-state index >= 15 is 0 Å². The van der Waals surface area contributed by atoms with Gasteiger partial charge in [0, 0.05) is 26.1 Å². The van der Waals surface area contributed by atoms with Crippen LogP contribution in [0.3, 0.4) is 0 Å². The molecule has 7 heteroatoms. The van der Waals surface area contributed by atoms with E-state index in [9.17, 15) is 9.18 Å². The van der Waals surface area contributed by atoms with Crippen LogP contribution in [0.15, 0.2) is 28.8 Å². The summed E-state index contributed by atoms with van der Waals surface area (Å²) in [5.41, 5.74) is 0.335. The number of piperidine rings is 1. The first kappa shape index (κ1) is 17.4. The summed E-state index contributed by atoms with van der Waals surface area (Å²) in [6.07, 6.45) is 3.48. The highest BCUT2D eigenvalue weighted by Crippen LogP contribution is 2.23. The average Bonchev–Trinajstić information content (AvgIpc) is 3.08. The normalized spacial score (nSPS) is 17.5. The van der Waals surface area contributed by atoms with Gasteiger partial charge in [0.15, 0.2) is 0 Å². The molecule has 1 aromatic carbocycles. The molecule has 0 bridgehead atoms. The van der Waals surface area contributed by atoms with E-state index in [4.69, 9.17) is 4.52 Å². The zero-order chi connectivity index (χ0) is 17.6. The van der Waals surface area contributed by atoms with Crippen molar-refractivity contribution < 1.29 is 13.7 Å². The lowest BCUT2D eigenvalue weighted by Gasteiger charge is -2.32. The standard InChI is InChI=1S/C18H23FN4O2/c1-2-9-20-18(24)23-10-5-6-13(12-23)11-16-21-17(22-25-16)14-7-3-4-8-15(14)19/h3-4,7-8,13H,2,5-6,9-12H2,1H3,(H,20,24). The van der Waals surface area contributed by atoms with E-state index in [0.717, 1.165) is 25.8 Å². The Balaban J connectivity index is 1.61. The second kappa shape index (κ2) is 8.09. The van der Waals surface area contributed by atoms with E-state index in [1.807, 2.05) is 11.8 Å². The number of likely N-dealkylation sites (tertiary alicyclic amines) is 1. The zero-order valence-corrected chi connectivity index (χ0v) is 14.4. The van der Waals surface area contributed by atoms with E-state index in [0.29, 0.717) is 31.0 Å². The largest absolute Gasteiger partial charge is 0.339 e. The number of carbonyl (C=O) groups is 1. The van der Waals surface area contributed by atoms with Crippen LogP contribution in [0.25, 0.3) is 11.4 Å². The predicted molar refractivity (Wildman–Crippen MR) is 91.4 cm³/mol. The van der Waals surface area contributed by atoms with Crippen molar-refractivity contribution in [3.8, 4) is 11.4 Å². The Morgan fingerprint density at radius 3 is 3.08 bits per heavy atom. The zero-order valence-electron chi connectivity index (χ0n) is 14.4. The molecule has 0 radical (unpaired) electrons. The number of nitrogens with zero attached hydrogens (tertiary/aromatic N) is 3. The summed E-state index contributed by atoms with van der Waals surface area (Å²) in [6.45, 7) is 4.17. The minimum atomic E-state index is -0.369. The number of aromatic nitrogens is 2. The van der Waals surface area contributed by atoms with Gasteiger partial charge in [0.2, 0.25) is 11.7 Å². The van der Waals surface area contributed by atoms with Crippen LogP contribution < -0.4 is 5.32 Å². The summed E-state index contributed by atoms with van der Waals surface area (Å²) in [5.74, 6) is 0.654. The van der Waals surface area contributed by atoms with Crippen molar-refractivity contribution in [2.45, 2.75) is 32.6 Å². The van der Waals surface area contributed by atoms with Crippen molar-refractivity contribution in [2.75, 3.05) is 19.6 Å². The Morgan fingerprint density at radius 2 is 2.28 bits per heavy atom. The van der Waals surface area contributed by atoms with Gasteiger partial charge in [-0.3, -0.25) is 0 Å². The third-order valence-corrected chi connectivity index (χ3v) is 4.38. The number of hydrogen-bond donors (Lipinski definition) is 1. The second-order valence-electron chi connectivity index (χ2n) is 6.38. The minimum Gasteiger partial charge on any atom is -0.339 e. The Labute approximate surface area is 146 Å². The van der Waals surface area contributed by atoms with Gasteiger partial charge in [-0.1, -0.05) is 24.2 Å². The maximum absolute atomic E-state index is 13.8. The molecule has 134 valence electrons. The SMILES string of the molecule is CCCNC(=O)N1CCCC(Cc2nc(-c3ccccc3F)no2)C1. The van der Waals surface area contributed by atoms with Gasteiger partial charge in [0.1, 0.15) is 5.82 Å². The number of amides is 2. The first-order chi connectivity index (χ1) is 12.2. The molecule has 1 atom stereocenters.